The second-order valence-electron chi connectivity index (χ2n) is 6.72. The van der Waals surface area contributed by atoms with Gasteiger partial charge in [-0.2, -0.15) is 13.2 Å². The van der Waals surface area contributed by atoms with E-state index in [9.17, 15) is 18.0 Å². The SMILES string of the molecule is CCC1(OCCC(F)(F)F)CCN(C(=O)OC(C)(C)C)CC1. The van der Waals surface area contributed by atoms with Crippen LogP contribution >= 0.6 is 0 Å². The van der Waals surface area contributed by atoms with Crippen LogP contribution in [0, 0.1) is 0 Å². The van der Waals surface area contributed by atoms with Crippen LogP contribution in [0.4, 0.5) is 18.0 Å². The van der Waals surface area contributed by atoms with Crippen molar-refractivity contribution in [3.8, 4) is 0 Å². The number of amides is 1. The third-order valence-electron chi connectivity index (χ3n) is 3.76. The van der Waals surface area contributed by atoms with Crippen molar-refractivity contribution in [2.45, 2.75) is 70.8 Å². The van der Waals surface area contributed by atoms with Crippen LogP contribution in [-0.2, 0) is 9.47 Å². The highest BCUT2D eigenvalue weighted by Crippen LogP contribution is 2.31. The molecule has 1 aliphatic heterocycles. The molecule has 4 nitrogen and oxygen atoms in total. The van der Waals surface area contributed by atoms with Gasteiger partial charge in [-0.25, -0.2) is 4.79 Å². The number of rotatable bonds is 4. The maximum Gasteiger partial charge on any atom is 0.410 e. The smallest absolute Gasteiger partial charge is 0.410 e. The molecule has 0 aromatic heterocycles. The first kappa shape index (κ1) is 19.1. The molecule has 1 saturated heterocycles. The molecule has 7 heteroatoms. The summed E-state index contributed by atoms with van der Waals surface area (Å²) in [5, 5.41) is 0. The van der Waals surface area contributed by atoms with Gasteiger partial charge in [-0.15, -0.1) is 0 Å². The molecule has 0 saturated carbocycles. The predicted molar refractivity (Wildman–Crippen MR) is 76.7 cm³/mol. The lowest BCUT2D eigenvalue weighted by Crippen LogP contribution is -2.49. The Hall–Kier alpha value is -0.980. The number of nitrogens with zero attached hydrogens (tertiary/aromatic N) is 1. The van der Waals surface area contributed by atoms with Gasteiger partial charge in [-0.3, -0.25) is 0 Å². The quantitative estimate of drug-likeness (QED) is 0.780. The Labute approximate surface area is 129 Å². The fraction of sp³-hybridized carbons (Fsp3) is 0.933. The van der Waals surface area contributed by atoms with Crippen molar-refractivity contribution in [3.05, 3.63) is 0 Å². The standard InChI is InChI=1S/C15H26F3NO3/c1-5-14(21-11-8-15(16,17)18)6-9-19(10-7-14)12(20)22-13(2,3)4/h5-11H2,1-4H3. The minimum absolute atomic E-state index is 0.330. The zero-order chi connectivity index (χ0) is 17.0. The third kappa shape index (κ3) is 6.42. The van der Waals surface area contributed by atoms with Crippen molar-refractivity contribution in [2.75, 3.05) is 19.7 Å². The summed E-state index contributed by atoms with van der Waals surface area (Å²) in [7, 11) is 0. The summed E-state index contributed by atoms with van der Waals surface area (Å²) in [6.45, 7) is 7.84. The molecular formula is C15H26F3NO3. The Morgan fingerprint density at radius 1 is 1.18 bits per heavy atom. The van der Waals surface area contributed by atoms with Gasteiger partial charge in [0.2, 0.25) is 0 Å². The Balaban J connectivity index is 2.48. The number of likely N-dealkylation sites (tertiary alicyclic amines) is 1. The average Bonchev–Trinajstić information content (AvgIpc) is 2.36. The van der Waals surface area contributed by atoms with Gasteiger partial charge in [0.1, 0.15) is 5.60 Å². The Kier molecular flexibility index (Phi) is 6.12. The number of alkyl halides is 3. The lowest BCUT2D eigenvalue weighted by molar-refractivity contribution is -0.164. The molecule has 0 unspecified atom stereocenters. The summed E-state index contributed by atoms with van der Waals surface area (Å²) in [5.74, 6) is 0. The average molecular weight is 325 g/mol. The van der Waals surface area contributed by atoms with E-state index in [1.54, 1.807) is 25.7 Å². The van der Waals surface area contributed by atoms with Crippen molar-refractivity contribution in [1.29, 1.82) is 0 Å². The zero-order valence-electron chi connectivity index (χ0n) is 13.8. The van der Waals surface area contributed by atoms with E-state index >= 15 is 0 Å². The van der Waals surface area contributed by atoms with Crippen LogP contribution in [0.2, 0.25) is 0 Å². The van der Waals surface area contributed by atoms with Crippen molar-refractivity contribution >= 4 is 6.09 Å². The number of ether oxygens (including phenoxy) is 2. The van der Waals surface area contributed by atoms with Gasteiger partial charge in [0, 0.05) is 13.1 Å². The van der Waals surface area contributed by atoms with Crippen molar-refractivity contribution in [2.24, 2.45) is 0 Å². The Morgan fingerprint density at radius 3 is 2.14 bits per heavy atom. The minimum atomic E-state index is -4.20. The molecule has 0 aromatic rings. The van der Waals surface area contributed by atoms with E-state index in [4.69, 9.17) is 9.47 Å². The summed E-state index contributed by atoms with van der Waals surface area (Å²) in [6, 6.07) is 0. The highest BCUT2D eigenvalue weighted by molar-refractivity contribution is 5.68. The normalized spacial score (nSPS) is 19.1. The van der Waals surface area contributed by atoms with Crippen LogP contribution in [-0.4, -0.2) is 48.1 Å². The molecule has 1 aliphatic rings. The predicted octanol–water partition coefficient (Wildman–Crippen LogP) is 4.14. The van der Waals surface area contributed by atoms with E-state index in [0.717, 1.165) is 0 Å². The maximum absolute atomic E-state index is 12.2. The first-order valence-electron chi connectivity index (χ1n) is 7.65. The number of carbonyl (C=O) groups is 1. The lowest BCUT2D eigenvalue weighted by atomic mass is 9.88. The molecule has 0 spiro atoms. The summed E-state index contributed by atoms with van der Waals surface area (Å²) >= 11 is 0. The number of halogens is 3. The first-order chi connectivity index (χ1) is 9.96. The van der Waals surface area contributed by atoms with E-state index in [-0.39, 0.29) is 12.7 Å². The topological polar surface area (TPSA) is 38.8 Å². The van der Waals surface area contributed by atoms with Gasteiger partial charge < -0.3 is 14.4 Å². The number of piperidine rings is 1. The number of carbonyl (C=O) groups excluding carboxylic acids is 1. The Bertz CT molecular complexity index is 369. The van der Waals surface area contributed by atoms with Gasteiger partial charge in [0.15, 0.2) is 0 Å². The molecular weight excluding hydrogens is 299 g/mol. The molecule has 0 bridgehead atoms. The summed E-state index contributed by atoms with van der Waals surface area (Å²) < 4.78 is 47.5. The van der Waals surface area contributed by atoms with Crippen molar-refractivity contribution in [3.63, 3.8) is 0 Å². The molecule has 1 rings (SSSR count). The van der Waals surface area contributed by atoms with Gasteiger partial charge in [-0.05, 0) is 40.0 Å². The van der Waals surface area contributed by atoms with Crippen LogP contribution in [0.3, 0.4) is 0 Å². The molecule has 0 N–H and O–H groups in total. The van der Waals surface area contributed by atoms with E-state index in [0.29, 0.717) is 32.4 Å². The van der Waals surface area contributed by atoms with Gasteiger partial charge in [-0.1, -0.05) is 6.92 Å². The van der Waals surface area contributed by atoms with Crippen LogP contribution in [0.15, 0.2) is 0 Å². The molecule has 22 heavy (non-hydrogen) atoms. The minimum Gasteiger partial charge on any atom is -0.444 e. The Morgan fingerprint density at radius 2 is 1.73 bits per heavy atom. The zero-order valence-corrected chi connectivity index (χ0v) is 13.8. The van der Waals surface area contributed by atoms with E-state index in [1.165, 1.54) is 0 Å². The molecule has 0 radical (unpaired) electrons. The molecule has 0 atom stereocenters. The monoisotopic (exact) mass is 325 g/mol. The van der Waals surface area contributed by atoms with Crippen molar-refractivity contribution in [1.82, 2.24) is 4.90 Å². The van der Waals surface area contributed by atoms with E-state index in [2.05, 4.69) is 0 Å². The summed E-state index contributed by atoms with van der Waals surface area (Å²) in [6.07, 6.45) is -3.84. The molecule has 1 heterocycles. The van der Waals surface area contributed by atoms with Crippen LogP contribution in [0.1, 0.15) is 53.4 Å². The lowest BCUT2D eigenvalue weighted by Gasteiger charge is -2.41. The molecule has 0 aromatic carbocycles. The van der Waals surface area contributed by atoms with Gasteiger partial charge in [0.05, 0.1) is 18.6 Å². The fourth-order valence-electron chi connectivity index (χ4n) is 2.41. The highest BCUT2D eigenvalue weighted by atomic mass is 19.4. The van der Waals surface area contributed by atoms with Gasteiger partial charge >= 0.3 is 12.3 Å². The number of hydrogen-bond donors (Lipinski definition) is 0. The molecule has 1 fully saturated rings. The molecule has 130 valence electrons. The summed E-state index contributed by atoms with van der Waals surface area (Å²) in [4.78, 5) is 13.6. The van der Waals surface area contributed by atoms with Crippen LogP contribution in [0.5, 0.6) is 0 Å². The fourth-order valence-corrected chi connectivity index (χ4v) is 2.41. The highest BCUT2D eigenvalue weighted by Gasteiger charge is 2.37. The number of hydrogen-bond acceptors (Lipinski definition) is 3. The second-order valence-corrected chi connectivity index (χ2v) is 6.72. The van der Waals surface area contributed by atoms with Crippen LogP contribution in [0.25, 0.3) is 0 Å². The van der Waals surface area contributed by atoms with Crippen LogP contribution < -0.4 is 0 Å². The second kappa shape index (κ2) is 7.06. The summed E-state index contributed by atoms with van der Waals surface area (Å²) in [5.41, 5.74) is -1.12. The van der Waals surface area contributed by atoms with Crippen molar-refractivity contribution < 1.29 is 27.4 Å². The maximum atomic E-state index is 12.2. The van der Waals surface area contributed by atoms with E-state index < -0.39 is 23.8 Å². The molecule has 0 aliphatic carbocycles. The first-order valence-corrected chi connectivity index (χ1v) is 7.65. The van der Waals surface area contributed by atoms with E-state index in [1.807, 2.05) is 6.92 Å². The third-order valence-corrected chi connectivity index (χ3v) is 3.76. The van der Waals surface area contributed by atoms with Gasteiger partial charge in [0.25, 0.3) is 0 Å². The molecule has 1 amide bonds. The largest absolute Gasteiger partial charge is 0.444 e.